The number of carbonyl (C=O) groups excluding carboxylic acids is 2. The van der Waals surface area contributed by atoms with Crippen LogP contribution in [0.3, 0.4) is 0 Å². The first-order chi connectivity index (χ1) is 9.93. The number of amides is 1. The van der Waals surface area contributed by atoms with Crippen LogP contribution in [0.25, 0.3) is 0 Å². The molecule has 5 heteroatoms. The number of hydrogen-bond acceptors (Lipinski definition) is 4. The fraction of sp³-hybridized carbons (Fsp3) is 0.500. The van der Waals surface area contributed by atoms with Crippen LogP contribution in [0.15, 0.2) is 30.3 Å². The maximum Gasteiger partial charge on any atom is 0.407 e. The molecule has 1 amide bonds. The van der Waals surface area contributed by atoms with Crippen LogP contribution in [0.2, 0.25) is 0 Å². The highest BCUT2D eigenvalue weighted by Gasteiger charge is 2.22. The summed E-state index contributed by atoms with van der Waals surface area (Å²) in [6.45, 7) is 3.95. The first kappa shape index (κ1) is 17.0. The van der Waals surface area contributed by atoms with Gasteiger partial charge in [-0.25, -0.2) is 4.79 Å². The molecule has 0 aliphatic heterocycles. The van der Waals surface area contributed by atoms with Gasteiger partial charge in [0.05, 0.1) is 13.5 Å². The third kappa shape index (κ3) is 7.34. The zero-order valence-electron chi connectivity index (χ0n) is 12.8. The Labute approximate surface area is 125 Å². The molecule has 0 heterocycles. The van der Waals surface area contributed by atoms with Gasteiger partial charge in [0.2, 0.25) is 0 Å². The lowest BCUT2D eigenvalue weighted by Crippen LogP contribution is -2.36. The predicted molar refractivity (Wildman–Crippen MR) is 80.0 cm³/mol. The topological polar surface area (TPSA) is 64.6 Å². The van der Waals surface area contributed by atoms with Crippen molar-refractivity contribution in [2.75, 3.05) is 13.7 Å². The van der Waals surface area contributed by atoms with Crippen LogP contribution < -0.4 is 5.32 Å². The lowest BCUT2D eigenvalue weighted by molar-refractivity contribution is -0.140. The largest absolute Gasteiger partial charge is 0.469 e. The van der Waals surface area contributed by atoms with E-state index in [1.165, 1.54) is 12.7 Å². The van der Waals surface area contributed by atoms with E-state index in [2.05, 4.69) is 10.1 Å². The average Bonchev–Trinajstić information content (AvgIpc) is 2.45. The third-order valence-electron chi connectivity index (χ3n) is 3.05. The first-order valence-electron chi connectivity index (χ1n) is 7.00. The van der Waals surface area contributed by atoms with Crippen LogP contribution in [-0.2, 0) is 20.7 Å². The van der Waals surface area contributed by atoms with Crippen molar-refractivity contribution in [1.29, 1.82) is 0 Å². The molecule has 5 nitrogen and oxygen atoms in total. The Morgan fingerprint density at radius 2 is 1.86 bits per heavy atom. The van der Waals surface area contributed by atoms with E-state index in [1.54, 1.807) is 0 Å². The van der Waals surface area contributed by atoms with E-state index in [9.17, 15) is 9.59 Å². The Morgan fingerprint density at radius 3 is 2.48 bits per heavy atom. The second kappa shape index (κ2) is 8.29. The molecular weight excluding hydrogens is 270 g/mol. The van der Waals surface area contributed by atoms with Crippen molar-refractivity contribution in [2.24, 2.45) is 0 Å². The summed E-state index contributed by atoms with van der Waals surface area (Å²) < 4.78 is 9.86. The summed E-state index contributed by atoms with van der Waals surface area (Å²) >= 11 is 0. The smallest absolute Gasteiger partial charge is 0.407 e. The molecule has 0 aliphatic carbocycles. The van der Waals surface area contributed by atoms with Crippen LogP contribution in [0.5, 0.6) is 0 Å². The zero-order valence-corrected chi connectivity index (χ0v) is 12.8. The van der Waals surface area contributed by atoms with Crippen molar-refractivity contribution in [3.8, 4) is 0 Å². The molecule has 0 saturated heterocycles. The second-order valence-corrected chi connectivity index (χ2v) is 5.39. The summed E-state index contributed by atoms with van der Waals surface area (Å²) in [5.74, 6) is -0.362. The molecule has 0 atom stereocenters. The quantitative estimate of drug-likeness (QED) is 0.785. The molecule has 0 bridgehead atoms. The SMILES string of the molecule is COC(=O)CCNC(=O)OC(C)(C)CCc1ccccc1. The number of aryl methyl sites for hydroxylation is 1. The molecule has 116 valence electrons. The number of ether oxygens (including phenoxy) is 2. The van der Waals surface area contributed by atoms with Crippen molar-refractivity contribution in [3.63, 3.8) is 0 Å². The van der Waals surface area contributed by atoms with Crippen LogP contribution in [0.1, 0.15) is 32.3 Å². The highest BCUT2D eigenvalue weighted by molar-refractivity contribution is 5.71. The first-order valence-corrected chi connectivity index (χ1v) is 7.00. The van der Waals surface area contributed by atoms with Gasteiger partial charge in [0, 0.05) is 6.54 Å². The minimum absolute atomic E-state index is 0.135. The molecule has 0 unspecified atom stereocenters. The maximum atomic E-state index is 11.7. The molecule has 1 rings (SSSR count). The van der Waals surface area contributed by atoms with Gasteiger partial charge in [-0.2, -0.15) is 0 Å². The molecule has 1 aromatic carbocycles. The molecule has 1 N–H and O–H groups in total. The monoisotopic (exact) mass is 293 g/mol. The van der Waals surface area contributed by atoms with Gasteiger partial charge in [-0.1, -0.05) is 30.3 Å². The summed E-state index contributed by atoms with van der Waals surface area (Å²) in [6.07, 6.45) is 1.18. The lowest BCUT2D eigenvalue weighted by Gasteiger charge is -2.25. The molecule has 0 aliphatic rings. The van der Waals surface area contributed by atoms with Gasteiger partial charge < -0.3 is 14.8 Å². The van der Waals surface area contributed by atoms with Gasteiger partial charge in [-0.15, -0.1) is 0 Å². The summed E-state index contributed by atoms with van der Waals surface area (Å²) in [6, 6.07) is 10.0. The summed E-state index contributed by atoms with van der Waals surface area (Å²) in [7, 11) is 1.31. The molecule has 21 heavy (non-hydrogen) atoms. The Bertz CT molecular complexity index is 457. The molecular formula is C16H23NO4. The van der Waals surface area contributed by atoms with Gasteiger partial charge in [0.1, 0.15) is 5.60 Å². The highest BCUT2D eigenvalue weighted by Crippen LogP contribution is 2.18. The number of rotatable bonds is 7. The van der Waals surface area contributed by atoms with E-state index >= 15 is 0 Å². The van der Waals surface area contributed by atoms with E-state index in [0.29, 0.717) is 0 Å². The van der Waals surface area contributed by atoms with Crippen molar-refractivity contribution in [1.82, 2.24) is 5.32 Å². The van der Waals surface area contributed by atoms with E-state index in [0.717, 1.165) is 12.8 Å². The van der Waals surface area contributed by atoms with Gasteiger partial charge in [-0.3, -0.25) is 4.79 Å². The molecule has 0 fully saturated rings. The number of nitrogens with one attached hydrogen (secondary N) is 1. The Morgan fingerprint density at radius 1 is 1.19 bits per heavy atom. The van der Waals surface area contributed by atoms with Gasteiger partial charge in [-0.05, 0) is 32.3 Å². The maximum absolute atomic E-state index is 11.7. The van der Waals surface area contributed by atoms with Crippen molar-refractivity contribution >= 4 is 12.1 Å². The number of methoxy groups -OCH3 is 1. The standard InChI is InChI=1S/C16H23NO4/c1-16(2,11-9-13-7-5-4-6-8-13)21-15(19)17-12-10-14(18)20-3/h4-8H,9-12H2,1-3H3,(H,17,19). The summed E-state index contributed by atoms with van der Waals surface area (Å²) in [4.78, 5) is 22.6. The van der Waals surface area contributed by atoms with Crippen LogP contribution in [-0.4, -0.2) is 31.3 Å². The minimum Gasteiger partial charge on any atom is -0.469 e. The predicted octanol–water partition coefficient (Wildman–Crippen LogP) is 2.69. The van der Waals surface area contributed by atoms with Crippen LogP contribution in [0, 0.1) is 0 Å². The fourth-order valence-electron chi connectivity index (χ4n) is 1.80. The molecule has 0 saturated carbocycles. The number of alkyl carbamates (subject to hydrolysis) is 1. The van der Waals surface area contributed by atoms with E-state index in [-0.39, 0.29) is 18.9 Å². The van der Waals surface area contributed by atoms with Crippen molar-refractivity contribution in [3.05, 3.63) is 35.9 Å². The van der Waals surface area contributed by atoms with E-state index in [4.69, 9.17) is 4.74 Å². The van der Waals surface area contributed by atoms with Crippen LogP contribution >= 0.6 is 0 Å². The van der Waals surface area contributed by atoms with E-state index in [1.807, 2.05) is 44.2 Å². The van der Waals surface area contributed by atoms with Gasteiger partial charge in [0.15, 0.2) is 0 Å². The molecule has 0 spiro atoms. The number of carbonyl (C=O) groups is 2. The molecule has 0 aromatic heterocycles. The normalized spacial score (nSPS) is 10.8. The van der Waals surface area contributed by atoms with Crippen LogP contribution in [0.4, 0.5) is 4.79 Å². The molecule has 0 radical (unpaired) electrons. The fourth-order valence-corrected chi connectivity index (χ4v) is 1.80. The van der Waals surface area contributed by atoms with Crippen molar-refractivity contribution in [2.45, 2.75) is 38.7 Å². The third-order valence-corrected chi connectivity index (χ3v) is 3.05. The number of hydrogen-bond donors (Lipinski definition) is 1. The number of esters is 1. The van der Waals surface area contributed by atoms with Gasteiger partial charge >= 0.3 is 12.1 Å². The second-order valence-electron chi connectivity index (χ2n) is 5.39. The Kier molecular flexibility index (Phi) is 6.72. The lowest BCUT2D eigenvalue weighted by atomic mass is 9.99. The number of benzene rings is 1. The van der Waals surface area contributed by atoms with Crippen molar-refractivity contribution < 1.29 is 19.1 Å². The minimum atomic E-state index is -0.564. The summed E-state index contributed by atoms with van der Waals surface area (Å²) in [5, 5.41) is 2.54. The molecule has 1 aromatic rings. The Hall–Kier alpha value is -2.04. The average molecular weight is 293 g/mol. The zero-order chi connectivity index (χ0) is 15.7. The van der Waals surface area contributed by atoms with E-state index < -0.39 is 11.7 Å². The summed E-state index contributed by atoms with van der Waals surface area (Å²) in [5.41, 5.74) is 0.644. The Balaban J connectivity index is 2.30. The highest BCUT2D eigenvalue weighted by atomic mass is 16.6. The van der Waals surface area contributed by atoms with Gasteiger partial charge in [0.25, 0.3) is 0 Å².